The van der Waals surface area contributed by atoms with Gasteiger partial charge < -0.3 is 14.1 Å². The van der Waals surface area contributed by atoms with Crippen molar-refractivity contribution in [1.82, 2.24) is 4.90 Å². The van der Waals surface area contributed by atoms with Crippen LogP contribution in [-0.4, -0.2) is 37.6 Å². The molecule has 1 atom stereocenters. The second-order valence-electron chi connectivity index (χ2n) is 4.63. The minimum atomic E-state index is -0.214. The summed E-state index contributed by atoms with van der Waals surface area (Å²) in [4.78, 5) is 25.2. The fourth-order valence-electron chi connectivity index (χ4n) is 2.25. The van der Waals surface area contributed by atoms with Crippen molar-refractivity contribution in [2.45, 2.75) is 13.3 Å². The molecule has 1 aromatic heterocycles. The topological polar surface area (TPSA) is 59.8 Å². The lowest BCUT2D eigenvalue weighted by atomic mass is 10.1. The Morgan fingerprint density at radius 2 is 2.33 bits per heavy atom. The summed E-state index contributed by atoms with van der Waals surface area (Å²) in [6.07, 6.45) is 0.926. The normalized spacial score (nSPS) is 19.2. The van der Waals surface area contributed by atoms with E-state index in [4.69, 9.17) is 9.15 Å². The third-order valence-corrected chi connectivity index (χ3v) is 3.08. The van der Waals surface area contributed by atoms with Gasteiger partial charge in [-0.1, -0.05) is 0 Å². The van der Waals surface area contributed by atoms with Crippen LogP contribution in [0.25, 0.3) is 0 Å². The van der Waals surface area contributed by atoms with Crippen LogP contribution in [0.3, 0.4) is 0 Å². The van der Waals surface area contributed by atoms with E-state index in [0.29, 0.717) is 31.4 Å². The summed E-state index contributed by atoms with van der Waals surface area (Å²) in [5.74, 6) is 0.737. The molecule has 1 aliphatic heterocycles. The number of nitrogens with zero attached hydrogens (tertiary/aromatic N) is 1. The maximum Gasteiger partial charge on any atom is 0.289 e. The maximum absolute atomic E-state index is 12.2. The Morgan fingerprint density at radius 1 is 1.56 bits per heavy atom. The van der Waals surface area contributed by atoms with Gasteiger partial charge in [-0.15, -0.1) is 0 Å². The number of carbonyl (C=O) groups excluding carboxylic acids is 1. The average Bonchev–Trinajstić information content (AvgIpc) is 2.76. The van der Waals surface area contributed by atoms with Crippen LogP contribution >= 0.6 is 0 Å². The van der Waals surface area contributed by atoms with E-state index in [-0.39, 0.29) is 17.1 Å². The van der Waals surface area contributed by atoms with Crippen LogP contribution in [0.15, 0.2) is 21.3 Å². The Labute approximate surface area is 105 Å². The summed E-state index contributed by atoms with van der Waals surface area (Å²) < 4.78 is 10.4. The second-order valence-corrected chi connectivity index (χ2v) is 4.63. The number of hydrogen-bond donors (Lipinski definition) is 0. The highest BCUT2D eigenvalue weighted by atomic mass is 16.5. The second kappa shape index (κ2) is 5.35. The highest BCUT2D eigenvalue weighted by Gasteiger charge is 2.28. The summed E-state index contributed by atoms with van der Waals surface area (Å²) in [6.45, 7) is 3.66. The number of aryl methyl sites for hydroxylation is 1. The van der Waals surface area contributed by atoms with Crippen molar-refractivity contribution in [3.8, 4) is 0 Å². The molecule has 0 radical (unpaired) electrons. The van der Waals surface area contributed by atoms with Crippen LogP contribution in [0.2, 0.25) is 0 Å². The van der Waals surface area contributed by atoms with Crippen molar-refractivity contribution in [1.29, 1.82) is 0 Å². The molecular formula is C13H17NO4. The first-order chi connectivity index (χ1) is 8.60. The lowest BCUT2D eigenvalue weighted by Crippen LogP contribution is -2.30. The molecule has 5 nitrogen and oxygen atoms in total. The summed E-state index contributed by atoms with van der Waals surface area (Å²) in [6, 6.07) is 2.62. The molecule has 0 saturated carbocycles. The molecule has 0 N–H and O–H groups in total. The maximum atomic E-state index is 12.2. The molecule has 1 saturated heterocycles. The predicted molar refractivity (Wildman–Crippen MR) is 65.6 cm³/mol. The molecule has 0 aliphatic carbocycles. The van der Waals surface area contributed by atoms with E-state index in [9.17, 15) is 9.59 Å². The minimum absolute atomic E-state index is 0.123. The number of hydrogen-bond acceptors (Lipinski definition) is 4. The van der Waals surface area contributed by atoms with Gasteiger partial charge >= 0.3 is 0 Å². The molecule has 1 amide bonds. The Hall–Kier alpha value is -1.62. The molecule has 0 aromatic carbocycles. The number of amides is 1. The molecule has 0 bridgehead atoms. The summed E-state index contributed by atoms with van der Waals surface area (Å²) in [5, 5.41) is 0. The van der Waals surface area contributed by atoms with E-state index in [2.05, 4.69) is 0 Å². The van der Waals surface area contributed by atoms with Gasteiger partial charge in [-0.25, -0.2) is 0 Å². The van der Waals surface area contributed by atoms with Crippen LogP contribution in [0.5, 0.6) is 0 Å². The quantitative estimate of drug-likeness (QED) is 0.806. The lowest BCUT2D eigenvalue weighted by molar-refractivity contribution is 0.0739. The zero-order valence-corrected chi connectivity index (χ0v) is 10.6. The highest BCUT2D eigenvalue weighted by Crippen LogP contribution is 2.18. The Morgan fingerprint density at radius 3 is 3.00 bits per heavy atom. The van der Waals surface area contributed by atoms with Crippen molar-refractivity contribution in [2.75, 3.05) is 26.8 Å². The zero-order chi connectivity index (χ0) is 13.1. The summed E-state index contributed by atoms with van der Waals surface area (Å²) in [7, 11) is 1.66. The number of likely N-dealkylation sites (tertiary alicyclic amines) is 1. The van der Waals surface area contributed by atoms with Crippen molar-refractivity contribution >= 4 is 5.91 Å². The first-order valence-corrected chi connectivity index (χ1v) is 6.00. The van der Waals surface area contributed by atoms with Gasteiger partial charge in [0.2, 0.25) is 0 Å². The third-order valence-electron chi connectivity index (χ3n) is 3.08. The Kier molecular flexibility index (Phi) is 3.81. The SMILES string of the molecule is COCC1CCN(C(=O)c2cc(=O)cc(C)o2)C1. The van der Waals surface area contributed by atoms with Crippen LogP contribution in [0.1, 0.15) is 22.7 Å². The molecule has 0 spiro atoms. The molecule has 18 heavy (non-hydrogen) atoms. The Balaban J connectivity index is 2.10. The molecule has 1 fully saturated rings. The van der Waals surface area contributed by atoms with Crippen molar-refractivity contribution in [3.05, 3.63) is 33.9 Å². The molecule has 98 valence electrons. The van der Waals surface area contributed by atoms with Gasteiger partial charge in [-0.2, -0.15) is 0 Å². The number of methoxy groups -OCH3 is 1. The van der Waals surface area contributed by atoms with Crippen LogP contribution in [0, 0.1) is 12.8 Å². The average molecular weight is 251 g/mol. The molecule has 2 heterocycles. The van der Waals surface area contributed by atoms with E-state index in [0.717, 1.165) is 6.42 Å². The van der Waals surface area contributed by atoms with Gasteiger partial charge in [-0.3, -0.25) is 9.59 Å². The Bertz CT molecular complexity index is 494. The molecule has 1 aliphatic rings. The lowest BCUT2D eigenvalue weighted by Gasteiger charge is -2.15. The molecular weight excluding hydrogens is 234 g/mol. The van der Waals surface area contributed by atoms with Gasteiger partial charge in [0.1, 0.15) is 5.76 Å². The predicted octanol–water partition coefficient (Wildman–Crippen LogP) is 1.06. The first-order valence-electron chi connectivity index (χ1n) is 6.00. The van der Waals surface area contributed by atoms with Crippen LogP contribution in [-0.2, 0) is 4.74 Å². The van der Waals surface area contributed by atoms with Crippen LogP contribution in [0.4, 0.5) is 0 Å². The van der Waals surface area contributed by atoms with Crippen molar-refractivity contribution in [3.63, 3.8) is 0 Å². The fraction of sp³-hybridized carbons (Fsp3) is 0.538. The van der Waals surface area contributed by atoms with Crippen molar-refractivity contribution in [2.24, 2.45) is 5.92 Å². The van der Waals surface area contributed by atoms with E-state index >= 15 is 0 Å². The first kappa shape index (κ1) is 12.8. The smallest absolute Gasteiger partial charge is 0.289 e. The third kappa shape index (κ3) is 2.79. The van der Waals surface area contributed by atoms with E-state index in [1.165, 1.54) is 12.1 Å². The standard InChI is InChI=1S/C13H17NO4/c1-9-5-11(15)6-12(18-9)13(16)14-4-3-10(7-14)8-17-2/h5-6,10H,3-4,7-8H2,1-2H3. The highest BCUT2D eigenvalue weighted by molar-refractivity contribution is 5.91. The number of carbonyl (C=O) groups is 1. The van der Waals surface area contributed by atoms with E-state index in [1.807, 2.05) is 0 Å². The fourth-order valence-corrected chi connectivity index (χ4v) is 2.25. The number of rotatable bonds is 3. The minimum Gasteiger partial charge on any atom is -0.456 e. The zero-order valence-electron chi connectivity index (χ0n) is 10.6. The number of ether oxygens (including phenoxy) is 1. The summed E-state index contributed by atoms with van der Waals surface area (Å²) >= 11 is 0. The van der Waals surface area contributed by atoms with Gasteiger partial charge in [0, 0.05) is 38.2 Å². The monoisotopic (exact) mass is 251 g/mol. The van der Waals surface area contributed by atoms with Gasteiger partial charge in [-0.05, 0) is 13.3 Å². The summed E-state index contributed by atoms with van der Waals surface area (Å²) in [5.41, 5.74) is -0.199. The molecule has 1 unspecified atom stereocenters. The van der Waals surface area contributed by atoms with Gasteiger partial charge in [0.15, 0.2) is 11.2 Å². The van der Waals surface area contributed by atoms with E-state index < -0.39 is 0 Å². The van der Waals surface area contributed by atoms with Gasteiger partial charge in [0.25, 0.3) is 5.91 Å². The molecule has 5 heteroatoms. The molecule has 1 aromatic rings. The van der Waals surface area contributed by atoms with Gasteiger partial charge in [0.05, 0.1) is 6.61 Å². The van der Waals surface area contributed by atoms with E-state index in [1.54, 1.807) is 18.9 Å². The largest absolute Gasteiger partial charge is 0.456 e. The molecule has 2 rings (SSSR count). The van der Waals surface area contributed by atoms with Crippen molar-refractivity contribution < 1.29 is 13.9 Å². The van der Waals surface area contributed by atoms with Crippen LogP contribution < -0.4 is 5.43 Å².